The minimum atomic E-state index is 0.590. The van der Waals surface area contributed by atoms with E-state index in [1.165, 1.54) is 32.2 Å². The molecule has 0 saturated carbocycles. The molecule has 1 saturated heterocycles. The molecule has 0 aliphatic carbocycles. The van der Waals surface area contributed by atoms with Crippen LogP contribution >= 0.6 is 0 Å². The Morgan fingerprint density at radius 1 is 1.20 bits per heavy atom. The normalized spacial score (nSPS) is 20.6. The number of likely N-dealkylation sites (tertiary alicyclic amines) is 1. The van der Waals surface area contributed by atoms with Gasteiger partial charge in [-0.15, -0.1) is 0 Å². The lowest BCUT2D eigenvalue weighted by atomic mass is 10.1. The summed E-state index contributed by atoms with van der Waals surface area (Å²) < 4.78 is 5.80. The fraction of sp³-hybridized carbons (Fsp3) is 0.647. The van der Waals surface area contributed by atoms with Gasteiger partial charge in [-0.3, -0.25) is 0 Å². The summed E-state index contributed by atoms with van der Waals surface area (Å²) in [5.74, 6) is 0.950. The topological polar surface area (TPSA) is 38.5 Å². The van der Waals surface area contributed by atoms with Crippen LogP contribution in [0.1, 0.15) is 44.6 Å². The molecular formula is C17H28N2O. The molecule has 0 bridgehead atoms. The maximum absolute atomic E-state index is 5.80. The molecule has 0 radical (unpaired) electrons. The Hall–Kier alpha value is -1.06. The van der Waals surface area contributed by atoms with Crippen LogP contribution in [0.25, 0.3) is 0 Å². The molecule has 3 heteroatoms. The second-order valence-corrected chi connectivity index (χ2v) is 5.78. The van der Waals surface area contributed by atoms with E-state index in [0.29, 0.717) is 6.54 Å². The molecule has 2 rings (SSSR count). The van der Waals surface area contributed by atoms with E-state index in [4.69, 9.17) is 10.5 Å². The quantitative estimate of drug-likeness (QED) is 0.811. The van der Waals surface area contributed by atoms with E-state index in [-0.39, 0.29) is 0 Å². The first kappa shape index (κ1) is 15.3. The Balaban J connectivity index is 1.67. The number of nitrogens with zero attached hydrogens (tertiary/aromatic N) is 1. The summed E-state index contributed by atoms with van der Waals surface area (Å²) in [7, 11) is 0. The first-order chi connectivity index (χ1) is 9.79. The largest absolute Gasteiger partial charge is 0.494 e. The van der Waals surface area contributed by atoms with Gasteiger partial charge in [0.1, 0.15) is 5.75 Å². The number of hydrogen-bond acceptors (Lipinski definition) is 3. The molecule has 1 aliphatic rings. The van der Waals surface area contributed by atoms with E-state index in [2.05, 4.69) is 11.8 Å². The zero-order chi connectivity index (χ0) is 14.2. The van der Waals surface area contributed by atoms with Crippen molar-refractivity contribution in [1.29, 1.82) is 0 Å². The Morgan fingerprint density at radius 3 is 2.75 bits per heavy atom. The van der Waals surface area contributed by atoms with Crippen LogP contribution < -0.4 is 10.5 Å². The molecule has 1 aromatic rings. The summed E-state index contributed by atoms with van der Waals surface area (Å²) in [6, 6.07) is 8.83. The van der Waals surface area contributed by atoms with Crippen molar-refractivity contribution >= 4 is 0 Å². The predicted molar refractivity (Wildman–Crippen MR) is 83.9 cm³/mol. The third kappa shape index (κ3) is 4.80. The van der Waals surface area contributed by atoms with Crippen molar-refractivity contribution in [2.75, 3.05) is 19.7 Å². The summed E-state index contributed by atoms with van der Waals surface area (Å²) in [5.41, 5.74) is 6.73. The molecule has 1 fully saturated rings. The molecule has 1 aromatic carbocycles. The second-order valence-electron chi connectivity index (χ2n) is 5.78. The lowest BCUT2D eigenvalue weighted by Gasteiger charge is -2.26. The van der Waals surface area contributed by atoms with E-state index in [1.54, 1.807) is 0 Å². The molecule has 1 aliphatic heterocycles. The van der Waals surface area contributed by atoms with Crippen LogP contribution in [-0.2, 0) is 6.54 Å². The van der Waals surface area contributed by atoms with Crippen molar-refractivity contribution in [3.63, 3.8) is 0 Å². The third-order valence-corrected chi connectivity index (χ3v) is 4.21. The predicted octanol–water partition coefficient (Wildman–Crippen LogP) is 3.18. The van der Waals surface area contributed by atoms with Crippen molar-refractivity contribution in [1.82, 2.24) is 4.90 Å². The average Bonchev–Trinajstić information content (AvgIpc) is 2.69. The molecule has 1 heterocycles. The summed E-state index contributed by atoms with van der Waals surface area (Å²) in [6.45, 7) is 6.16. The van der Waals surface area contributed by atoms with Crippen LogP contribution in [0.2, 0.25) is 0 Å². The van der Waals surface area contributed by atoms with Crippen LogP contribution in [0.5, 0.6) is 5.75 Å². The van der Waals surface area contributed by atoms with Gasteiger partial charge in [-0.2, -0.15) is 0 Å². The number of hydrogen-bond donors (Lipinski definition) is 1. The summed E-state index contributed by atoms with van der Waals surface area (Å²) in [5, 5.41) is 0. The van der Waals surface area contributed by atoms with Gasteiger partial charge in [-0.25, -0.2) is 0 Å². The maximum Gasteiger partial charge on any atom is 0.119 e. The van der Waals surface area contributed by atoms with Gasteiger partial charge in [0, 0.05) is 19.1 Å². The Morgan fingerprint density at radius 2 is 2.00 bits per heavy atom. The number of rotatable bonds is 6. The Kier molecular flexibility index (Phi) is 6.34. The summed E-state index contributed by atoms with van der Waals surface area (Å²) in [6.07, 6.45) is 6.59. The van der Waals surface area contributed by atoms with Crippen molar-refractivity contribution < 1.29 is 4.74 Å². The van der Waals surface area contributed by atoms with E-state index >= 15 is 0 Å². The second kappa shape index (κ2) is 8.28. The van der Waals surface area contributed by atoms with Crippen LogP contribution in [0, 0.1) is 0 Å². The van der Waals surface area contributed by atoms with Crippen molar-refractivity contribution in [3.05, 3.63) is 29.8 Å². The highest BCUT2D eigenvalue weighted by Crippen LogP contribution is 2.17. The van der Waals surface area contributed by atoms with Crippen LogP contribution in [0.4, 0.5) is 0 Å². The molecule has 1 unspecified atom stereocenters. The third-order valence-electron chi connectivity index (χ3n) is 4.21. The van der Waals surface area contributed by atoms with Crippen LogP contribution in [0.15, 0.2) is 24.3 Å². The first-order valence-electron chi connectivity index (χ1n) is 7.95. The van der Waals surface area contributed by atoms with Gasteiger partial charge in [0.2, 0.25) is 0 Å². The van der Waals surface area contributed by atoms with E-state index in [9.17, 15) is 0 Å². The number of nitrogens with two attached hydrogens (primary N) is 1. The molecule has 3 nitrogen and oxygen atoms in total. The standard InChI is InChI=1S/C17H28N2O/c1-15-6-3-2-4-11-19(15)12-5-13-20-17-9-7-16(14-18)8-10-17/h7-10,15H,2-6,11-14,18H2,1H3. The molecule has 0 spiro atoms. The molecule has 20 heavy (non-hydrogen) atoms. The van der Waals surface area contributed by atoms with Crippen molar-refractivity contribution in [3.8, 4) is 5.75 Å². The number of benzene rings is 1. The molecule has 0 aromatic heterocycles. The summed E-state index contributed by atoms with van der Waals surface area (Å²) in [4.78, 5) is 2.62. The first-order valence-corrected chi connectivity index (χ1v) is 7.95. The van der Waals surface area contributed by atoms with Gasteiger partial charge in [-0.1, -0.05) is 25.0 Å². The van der Waals surface area contributed by atoms with Gasteiger partial charge in [0.25, 0.3) is 0 Å². The fourth-order valence-electron chi connectivity index (χ4n) is 2.85. The highest BCUT2D eigenvalue weighted by molar-refractivity contribution is 5.26. The molecule has 1 atom stereocenters. The Bertz CT molecular complexity index is 377. The maximum atomic E-state index is 5.80. The number of ether oxygens (including phenoxy) is 1. The molecule has 0 amide bonds. The van der Waals surface area contributed by atoms with E-state index in [1.807, 2.05) is 24.3 Å². The highest BCUT2D eigenvalue weighted by atomic mass is 16.5. The zero-order valence-corrected chi connectivity index (χ0v) is 12.7. The minimum absolute atomic E-state index is 0.590. The Labute approximate surface area is 123 Å². The van der Waals surface area contributed by atoms with Gasteiger partial charge in [0.05, 0.1) is 6.61 Å². The average molecular weight is 276 g/mol. The van der Waals surface area contributed by atoms with Gasteiger partial charge < -0.3 is 15.4 Å². The smallest absolute Gasteiger partial charge is 0.119 e. The van der Waals surface area contributed by atoms with Crippen LogP contribution in [0.3, 0.4) is 0 Å². The SMILES string of the molecule is CC1CCCCCN1CCCOc1ccc(CN)cc1. The lowest BCUT2D eigenvalue weighted by Crippen LogP contribution is -2.34. The minimum Gasteiger partial charge on any atom is -0.494 e. The zero-order valence-electron chi connectivity index (χ0n) is 12.7. The van der Waals surface area contributed by atoms with Crippen LogP contribution in [-0.4, -0.2) is 30.6 Å². The van der Waals surface area contributed by atoms with Gasteiger partial charge >= 0.3 is 0 Å². The monoisotopic (exact) mass is 276 g/mol. The van der Waals surface area contributed by atoms with Gasteiger partial charge in [0.15, 0.2) is 0 Å². The van der Waals surface area contributed by atoms with Gasteiger partial charge in [-0.05, 0) is 50.4 Å². The van der Waals surface area contributed by atoms with Crippen molar-refractivity contribution in [2.45, 2.75) is 51.6 Å². The lowest BCUT2D eigenvalue weighted by molar-refractivity contribution is 0.192. The molecular weight excluding hydrogens is 248 g/mol. The van der Waals surface area contributed by atoms with E-state index < -0.39 is 0 Å². The molecule has 112 valence electrons. The molecule has 2 N–H and O–H groups in total. The van der Waals surface area contributed by atoms with E-state index in [0.717, 1.165) is 36.9 Å². The summed E-state index contributed by atoms with van der Waals surface area (Å²) >= 11 is 0. The highest BCUT2D eigenvalue weighted by Gasteiger charge is 2.15. The fourth-order valence-corrected chi connectivity index (χ4v) is 2.85. The van der Waals surface area contributed by atoms with Crippen molar-refractivity contribution in [2.24, 2.45) is 5.73 Å².